The molecule has 0 fully saturated rings. The zero-order chi connectivity index (χ0) is 19.2. The van der Waals surface area contributed by atoms with Crippen molar-refractivity contribution in [2.75, 3.05) is 11.9 Å². The van der Waals surface area contributed by atoms with Gasteiger partial charge in [-0.25, -0.2) is 9.18 Å². The van der Waals surface area contributed by atoms with Gasteiger partial charge in [-0.2, -0.15) is 0 Å². The van der Waals surface area contributed by atoms with Gasteiger partial charge < -0.3 is 20.3 Å². The molecule has 25 heavy (non-hydrogen) atoms. The van der Waals surface area contributed by atoms with Crippen molar-refractivity contribution in [3.8, 4) is 0 Å². The largest absolute Gasteiger partial charge is 0.444 e. The van der Waals surface area contributed by atoms with Gasteiger partial charge in [-0.05, 0) is 44.9 Å². The summed E-state index contributed by atoms with van der Waals surface area (Å²) in [5.74, 6) is -1.01. The van der Waals surface area contributed by atoms with Crippen LogP contribution in [0.4, 0.5) is 14.9 Å². The van der Waals surface area contributed by atoms with Crippen LogP contribution in [-0.2, 0) is 9.53 Å². The summed E-state index contributed by atoms with van der Waals surface area (Å²) in [6.45, 7) is 6.59. The van der Waals surface area contributed by atoms with Gasteiger partial charge in [0.1, 0.15) is 17.5 Å². The van der Waals surface area contributed by atoms with Gasteiger partial charge in [-0.15, -0.1) is 0 Å². The summed E-state index contributed by atoms with van der Waals surface area (Å²) in [5, 5.41) is 24.7. The van der Waals surface area contributed by atoms with Crippen LogP contribution in [0, 0.1) is 5.82 Å². The average Bonchev–Trinajstić information content (AvgIpc) is 2.46. The van der Waals surface area contributed by atoms with Crippen LogP contribution >= 0.6 is 0 Å². The molecule has 0 saturated carbocycles. The minimum atomic E-state index is -1.32. The van der Waals surface area contributed by atoms with E-state index < -0.39 is 29.7 Å². The summed E-state index contributed by atoms with van der Waals surface area (Å²) in [6.07, 6.45) is -3.18. The van der Waals surface area contributed by atoms with E-state index in [1.54, 1.807) is 20.8 Å². The Morgan fingerprint density at radius 3 is 2.44 bits per heavy atom. The lowest BCUT2D eigenvalue weighted by Crippen LogP contribution is -2.28. The Hall–Kier alpha value is -2.19. The maximum atomic E-state index is 14.1. The molecule has 0 saturated heterocycles. The first-order valence-corrected chi connectivity index (χ1v) is 7.89. The third kappa shape index (κ3) is 7.49. The van der Waals surface area contributed by atoms with Crippen LogP contribution in [0.15, 0.2) is 18.2 Å². The molecule has 2 unspecified atom stereocenters. The van der Waals surface area contributed by atoms with E-state index in [-0.39, 0.29) is 30.1 Å². The summed E-state index contributed by atoms with van der Waals surface area (Å²) in [5.41, 5.74) is -0.658. The Morgan fingerprint density at radius 2 is 1.92 bits per heavy atom. The zero-order valence-electron chi connectivity index (χ0n) is 14.8. The van der Waals surface area contributed by atoms with E-state index in [2.05, 4.69) is 10.6 Å². The van der Waals surface area contributed by atoms with E-state index >= 15 is 0 Å². The molecule has 0 radical (unpaired) electrons. The molecular weight excluding hydrogens is 331 g/mol. The molecule has 140 valence electrons. The lowest BCUT2D eigenvalue weighted by Gasteiger charge is -2.21. The Kier molecular flexibility index (Phi) is 7.32. The molecule has 4 N–H and O–H groups in total. The lowest BCUT2D eigenvalue weighted by atomic mass is 10.0. The number of nitrogens with one attached hydrogen (secondary N) is 2. The third-order valence-electron chi connectivity index (χ3n) is 3.15. The van der Waals surface area contributed by atoms with Gasteiger partial charge in [-0.3, -0.25) is 10.1 Å². The molecule has 0 aromatic heterocycles. The summed E-state index contributed by atoms with van der Waals surface area (Å²) >= 11 is 0. The van der Waals surface area contributed by atoms with Gasteiger partial charge in [0.25, 0.3) is 0 Å². The van der Waals surface area contributed by atoms with Crippen molar-refractivity contribution in [1.29, 1.82) is 0 Å². The Morgan fingerprint density at radius 1 is 1.28 bits per heavy atom. The topological polar surface area (TPSA) is 108 Å². The van der Waals surface area contributed by atoms with Crippen molar-refractivity contribution in [2.45, 2.75) is 51.9 Å². The number of aliphatic hydroxyl groups is 2. The minimum Gasteiger partial charge on any atom is -0.444 e. The molecule has 0 aliphatic heterocycles. The fourth-order valence-electron chi connectivity index (χ4n) is 2.01. The Labute approximate surface area is 146 Å². The number of hydrogen-bond donors (Lipinski definition) is 4. The van der Waals surface area contributed by atoms with Crippen LogP contribution < -0.4 is 10.6 Å². The number of benzene rings is 1. The SMILES string of the molecule is CC(=O)NCCC(O)C(O)c1ccc(NC(=O)OC(C)(C)C)c(F)c1. The normalized spacial score (nSPS) is 13.7. The third-order valence-corrected chi connectivity index (χ3v) is 3.15. The summed E-state index contributed by atoms with van der Waals surface area (Å²) in [6, 6.07) is 3.69. The predicted molar refractivity (Wildman–Crippen MR) is 90.5 cm³/mol. The van der Waals surface area contributed by atoms with Gasteiger partial charge >= 0.3 is 6.09 Å². The van der Waals surface area contributed by atoms with Crippen LogP contribution in [0.3, 0.4) is 0 Å². The van der Waals surface area contributed by atoms with Crippen molar-refractivity contribution in [3.63, 3.8) is 0 Å². The molecule has 0 bridgehead atoms. The van der Waals surface area contributed by atoms with Crippen LogP contribution in [0.5, 0.6) is 0 Å². The van der Waals surface area contributed by atoms with Gasteiger partial charge in [0.05, 0.1) is 11.8 Å². The number of halogens is 1. The first kappa shape index (κ1) is 20.9. The van der Waals surface area contributed by atoms with Gasteiger partial charge in [0, 0.05) is 13.5 Å². The molecule has 1 rings (SSSR count). The Bertz CT molecular complexity index is 616. The first-order valence-electron chi connectivity index (χ1n) is 7.89. The first-order chi connectivity index (χ1) is 11.5. The van der Waals surface area contributed by atoms with E-state index in [4.69, 9.17) is 4.74 Å². The lowest BCUT2D eigenvalue weighted by molar-refractivity contribution is -0.119. The summed E-state index contributed by atoms with van der Waals surface area (Å²) in [7, 11) is 0. The minimum absolute atomic E-state index is 0.0991. The van der Waals surface area contributed by atoms with E-state index in [9.17, 15) is 24.2 Å². The van der Waals surface area contributed by atoms with Crippen LogP contribution in [-0.4, -0.2) is 40.5 Å². The Balaban J connectivity index is 2.70. The second-order valence-corrected chi connectivity index (χ2v) is 6.65. The number of ether oxygens (including phenoxy) is 1. The molecule has 0 aliphatic rings. The monoisotopic (exact) mass is 356 g/mol. The highest BCUT2D eigenvalue weighted by Gasteiger charge is 2.21. The molecule has 8 heteroatoms. The van der Waals surface area contributed by atoms with E-state index in [1.807, 2.05) is 0 Å². The maximum absolute atomic E-state index is 14.1. The smallest absolute Gasteiger partial charge is 0.412 e. The standard InChI is InChI=1S/C17H25FN2O5/c1-10(21)19-8-7-14(22)15(23)11-5-6-13(12(18)9-11)20-16(24)25-17(2,3)4/h5-6,9,14-15,22-23H,7-8H2,1-4H3,(H,19,21)(H,20,24). The van der Waals surface area contributed by atoms with Gasteiger partial charge in [-0.1, -0.05) is 6.07 Å². The zero-order valence-corrected chi connectivity index (χ0v) is 14.8. The number of carbonyl (C=O) groups excluding carboxylic acids is 2. The van der Waals surface area contributed by atoms with Crippen molar-refractivity contribution in [2.24, 2.45) is 0 Å². The number of anilines is 1. The summed E-state index contributed by atoms with van der Waals surface area (Å²) < 4.78 is 19.1. The maximum Gasteiger partial charge on any atom is 0.412 e. The summed E-state index contributed by atoms with van der Waals surface area (Å²) in [4.78, 5) is 22.4. The molecule has 0 aliphatic carbocycles. The molecule has 7 nitrogen and oxygen atoms in total. The van der Waals surface area contributed by atoms with E-state index in [0.29, 0.717) is 0 Å². The molecule has 0 spiro atoms. The number of aliphatic hydroxyl groups excluding tert-OH is 2. The van der Waals surface area contributed by atoms with Crippen molar-refractivity contribution >= 4 is 17.7 Å². The molecule has 1 aromatic rings. The van der Waals surface area contributed by atoms with Crippen LogP contribution in [0.25, 0.3) is 0 Å². The fourth-order valence-corrected chi connectivity index (χ4v) is 2.01. The number of hydrogen-bond acceptors (Lipinski definition) is 5. The fraction of sp³-hybridized carbons (Fsp3) is 0.529. The highest BCUT2D eigenvalue weighted by atomic mass is 19.1. The van der Waals surface area contributed by atoms with Gasteiger partial charge in [0.15, 0.2) is 0 Å². The van der Waals surface area contributed by atoms with E-state index in [0.717, 1.165) is 6.07 Å². The van der Waals surface area contributed by atoms with Crippen molar-refractivity contribution in [1.82, 2.24) is 5.32 Å². The van der Waals surface area contributed by atoms with E-state index in [1.165, 1.54) is 19.1 Å². The van der Waals surface area contributed by atoms with Crippen LogP contribution in [0.1, 0.15) is 45.8 Å². The second-order valence-electron chi connectivity index (χ2n) is 6.65. The van der Waals surface area contributed by atoms with Gasteiger partial charge in [0.2, 0.25) is 5.91 Å². The molecular formula is C17H25FN2O5. The predicted octanol–water partition coefficient (Wildman–Crippen LogP) is 2.09. The molecule has 2 atom stereocenters. The highest BCUT2D eigenvalue weighted by Crippen LogP contribution is 2.24. The molecule has 0 heterocycles. The molecule has 2 amide bonds. The highest BCUT2D eigenvalue weighted by molar-refractivity contribution is 5.85. The average molecular weight is 356 g/mol. The number of amides is 2. The number of carbonyl (C=O) groups is 2. The second kappa shape index (κ2) is 8.77. The quantitative estimate of drug-likeness (QED) is 0.624. The van der Waals surface area contributed by atoms with Crippen LogP contribution in [0.2, 0.25) is 0 Å². The van der Waals surface area contributed by atoms with Crippen molar-refractivity contribution < 1.29 is 28.9 Å². The van der Waals surface area contributed by atoms with Crippen molar-refractivity contribution in [3.05, 3.63) is 29.6 Å². The number of rotatable bonds is 6. The molecule has 1 aromatic carbocycles.